The van der Waals surface area contributed by atoms with E-state index in [-0.39, 0.29) is 24.4 Å². The lowest BCUT2D eigenvalue weighted by molar-refractivity contribution is -0.126. The summed E-state index contributed by atoms with van der Waals surface area (Å²) in [7, 11) is 0. The Hall–Kier alpha value is -3.86. The second-order valence-corrected chi connectivity index (χ2v) is 6.09. The molecule has 0 saturated carbocycles. The molecule has 3 amide bonds. The summed E-state index contributed by atoms with van der Waals surface area (Å²) in [6, 6.07) is 4.78. The van der Waals surface area contributed by atoms with Crippen LogP contribution in [-0.2, 0) is 14.4 Å². The van der Waals surface area contributed by atoms with Gasteiger partial charge in [-0.25, -0.2) is 14.7 Å². The number of imide groups is 1. The molecule has 6 N–H and O–H groups in total. The molecule has 2 aromatic rings. The van der Waals surface area contributed by atoms with E-state index in [1.807, 2.05) is 0 Å². The van der Waals surface area contributed by atoms with Gasteiger partial charge < -0.3 is 21.7 Å². The van der Waals surface area contributed by atoms with Crippen molar-refractivity contribution in [2.75, 3.05) is 4.90 Å². The fourth-order valence-electron chi connectivity index (χ4n) is 2.47. The maximum Gasteiger partial charge on any atom is 0.342 e. The van der Waals surface area contributed by atoms with Gasteiger partial charge >= 0.3 is 5.97 Å². The van der Waals surface area contributed by atoms with E-state index in [1.165, 1.54) is 31.2 Å². The summed E-state index contributed by atoms with van der Waals surface area (Å²) in [6.07, 6.45) is 0.876. The molecule has 0 aliphatic rings. The van der Waals surface area contributed by atoms with Crippen LogP contribution >= 0.6 is 0 Å². The minimum Gasteiger partial charge on any atom is -0.493 e. The molecule has 1 aromatic carbocycles. The first-order valence-electron chi connectivity index (χ1n) is 8.40. The fourth-order valence-corrected chi connectivity index (χ4v) is 2.47. The van der Waals surface area contributed by atoms with Crippen molar-refractivity contribution >= 4 is 29.4 Å². The molecule has 11 heteroatoms. The van der Waals surface area contributed by atoms with E-state index in [0.29, 0.717) is 5.56 Å². The first-order chi connectivity index (χ1) is 13.6. The second-order valence-electron chi connectivity index (χ2n) is 6.09. The summed E-state index contributed by atoms with van der Waals surface area (Å²) in [5.41, 5.74) is 11.0. The van der Waals surface area contributed by atoms with E-state index >= 15 is 0 Å². The van der Waals surface area contributed by atoms with Gasteiger partial charge in [-0.1, -0.05) is 0 Å². The second kappa shape index (κ2) is 8.89. The SMILES string of the molecule is CC(=O)N(C(=O)C(N)CCC(N)=O)c1ccc(-c2ncc(C(=O)O)c(O)n2)cc1. The summed E-state index contributed by atoms with van der Waals surface area (Å²) in [4.78, 5) is 54.8. The fraction of sp³-hybridized carbons (Fsp3) is 0.222. The van der Waals surface area contributed by atoms with E-state index in [2.05, 4.69) is 9.97 Å². The van der Waals surface area contributed by atoms with Crippen molar-refractivity contribution in [1.29, 1.82) is 0 Å². The van der Waals surface area contributed by atoms with Crippen LogP contribution in [0.15, 0.2) is 30.5 Å². The Labute approximate surface area is 165 Å². The Morgan fingerprint density at radius 3 is 2.28 bits per heavy atom. The number of anilines is 1. The number of nitrogens with two attached hydrogens (primary N) is 2. The Bertz CT molecular complexity index is 960. The minimum atomic E-state index is -1.37. The number of carbonyl (C=O) groups is 4. The third kappa shape index (κ3) is 5.11. The molecule has 0 saturated heterocycles. The molecule has 0 radical (unpaired) electrons. The number of carbonyl (C=O) groups excluding carboxylic acids is 3. The maximum absolute atomic E-state index is 12.5. The Balaban J connectivity index is 2.27. The number of hydrogen-bond donors (Lipinski definition) is 4. The molecule has 0 aliphatic carbocycles. The van der Waals surface area contributed by atoms with E-state index < -0.39 is 41.2 Å². The highest BCUT2D eigenvalue weighted by molar-refractivity contribution is 6.15. The van der Waals surface area contributed by atoms with Crippen molar-refractivity contribution < 1.29 is 29.4 Å². The van der Waals surface area contributed by atoms with E-state index in [9.17, 15) is 24.3 Å². The lowest BCUT2D eigenvalue weighted by atomic mass is 10.1. The predicted molar refractivity (Wildman–Crippen MR) is 101 cm³/mol. The number of aromatic hydroxyl groups is 1. The van der Waals surface area contributed by atoms with Gasteiger partial charge in [0.2, 0.25) is 17.7 Å². The molecule has 1 unspecified atom stereocenters. The van der Waals surface area contributed by atoms with Gasteiger partial charge in [-0.15, -0.1) is 0 Å². The van der Waals surface area contributed by atoms with Crippen LogP contribution in [0.4, 0.5) is 5.69 Å². The van der Waals surface area contributed by atoms with Gasteiger partial charge in [0.15, 0.2) is 5.82 Å². The Morgan fingerprint density at radius 1 is 1.17 bits per heavy atom. The first kappa shape index (κ1) is 21.4. The van der Waals surface area contributed by atoms with Crippen molar-refractivity contribution in [3.63, 3.8) is 0 Å². The van der Waals surface area contributed by atoms with Crippen molar-refractivity contribution in [1.82, 2.24) is 9.97 Å². The number of rotatable bonds is 7. The summed E-state index contributed by atoms with van der Waals surface area (Å²) < 4.78 is 0. The van der Waals surface area contributed by atoms with Crippen molar-refractivity contribution in [2.45, 2.75) is 25.8 Å². The van der Waals surface area contributed by atoms with Gasteiger partial charge in [0.05, 0.1) is 11.7 Å². The molecule has 11 nitrogen and oxygen atoms in total. The van der Waals surface area contributed by atoms with Crippen LogP contribution in [0.2, 0.25) is 0 Å². The van der Waals surface area contributed by atoms with Crippen LogP contribution in [0.25, 0.3) is 11.4 Å². The molecule has 152 valence electrons. The number of amides is 3. The number of primary amides is 1. The Kier molecular flexibility index (Phi) is 6.57. The number of aromatic carboxylic acids is 1. The molecule has 1 atom stereocenters. The van der Waals surface area contributed by atoms with Gasteiger partial charge in [-0.2, -0.15) is 4.98 Å². The number of hydrogen-bond acceptors (Lipinski definition) is 8. The third-order valence-corrected chi connectivity index (χ3v) is 3.94. The number of carboxylic acid groups (broad SMARTS) is 1. The molecule has 0 spiro atoms. The summed E-state index contributed by atoms with van der Waals surface area (Å²) in [5.74, 6) is -3.87. The van der Waals surface area contributed by atoms with Gasteiger partial charge in [0.25, 0.3) is 5.91 Å². The zero-order valence-corrected chi connectivity index (χ0v) is 15.4. The van der Waals surface area contributed by atoms with E-state index in [4.69, 9.17) is 16.6 Å². The topological polar surface area (TPSA) is 190 Å². The first-order valence-corrected chi connectivity index (χ1v) is 8.40. The van der Waals surface area contributed by atoms with Crippen LogP contribution in [0.5, 0.6) is 5.88 Å². The van der Waals surface area contributed by atoms with Crippen molar-refractivity contribution in [2.24, 2.45) is 11.5 Å². The van der Waals surface area contributed by atoms with E-state index in [1.54, 1.807) is 0 Å². The molecule has 0 aliphatic heterocycles. The molecule has 29 heavy (non-hydrogen) atoms. The average molecular weight is 401 g/mol. The van der Waals surface area contributed by atoms with Crippen LogP contribution < -0.4 is 16.4 Å². The zero-order chi connectivity index (χ0) is 21.7. The smallest absolute Gasteiger partial charge is 0.342 e. The standard InChI is InChI=1S/C18H19N5O6/c1-9(24)23(17(27)13(19)6-7-14(20)25)11-4-2-10(3-5-11)15-21-8-12(18(28)29)16(26)22-15/h2-5,8,13H,6-7,19H2,1H3,(H2,20,25)(H,28,29)(H,21,22,26). The number of benzene rings is 1. The quantitative estimate of drug-likeness (QED) is 0.495. The highest BCUT2D eigenvalue weighted by Crippen LogP contribution is 2.24. The third-order valence-electron chi connectivity index (χ3n) is 3.94. The van der Waals surface area contributed by atoms with Crippen molar-refractivity contribution in [3.8, 4) is 17.3 Å². The van der Waals surface area contributed by atoms with Crippen LogP contribution in [0, 0.1) is 0 Å². The summed E-state index contributed by atoms with van der Waals surface area (Å²) in [5, 5.41) is 18.6. The van der Waals surface area contributed by atoms with Gasteiger partial charge in [0.1, 0.15) is 5.56 Å². The normalized spacial score (nSPS) is 11.5. The van der Waals surface area contributed by atoms with Gasteiger partial charge in [-0.05, 0) is 30.7 Å². The summed E-state index contributed by atoms with van der Waals surface area (Å²) in [6.45, 7) is 1.19. The predicted octanol–water partition coefficient (Wildman–Crippen LogP) is 0.0197. The lowest BCUT2D eigenvalue weighted by Crippen LogP contribution is -2.46. The maximum atomic E-state index is 12.5. The highest BCUT2D eigenvalue weighted by atomic mass is 16.4. The molecule has 2 rings (SSSR count). The van der Waals surface area contributed by atoms with Crippen LogP contribution in [0.3, 0.4) is 0 Å². The minimum absolute atomic E-state index is 0.000920. The molecular formula is C18H19N5O6. The monoisotopic (exact) mass is 401 g/mol. The van der Waals surface area contributed by atoms with Crippen molar-refractivity contribution in [3.05, 3.63) is 36.0 Å². The molecule has 1 heterocycles. The molecule has 1 aromatic heterocycles. The van der Waals surface area contributed by atoms with Crippen LogP contribution in [0.1, 0.15) is 30.1 Å². The summed E-state index contributed by atoms with van der Waals surface area (Å²) >= 11 is 0. The Morgan fingerprint density at radius 2 is 1.79 bits per heavy atom. The number of aromatic nitrogens is 2. The van der Waals surface area contributed by atoms with Gasteiger partial charge in [-0.3, -0.25) is 14.4 Å². The molecular weight excluding hydrogens is 382 g/mol. The highest BCUT2D eigenvalue weighted by Gasteiger charge is 2.26. The van der Waals surface area contributed by atoms with Crippen LogP contribution in [-0.4, -0.2) is 49.9 Å². The molecule has 0 fully saturated rings. The van der Waals surface area contributed by atoms with E-state index in [0.717, 1.165) is 11.1 Å². The largest absolute Gasteiger partial charge is 0.493 e. The average Bonchev–Trinajstić information content (AvgIpc) is 2.66. The lowest BCUT2D eigenvalue weighted by Gasteiger charge is -2.22. The number of nitrogens with zero attached hydrogens (tertiary/aromatic N) is 3. The number of carboxylic acids is 1. The molecule has 0 bridgehead atoms. The van der Waals surface area contributed by atoms with Gasteiger partial charge in [0, 0.05) is 25.1 Å². The zero-order valence-electron chi connectivity index (χ0n) is 15.4.